The van der Waals surface area contributed by atoms with Gasteiger partial charge in [0.1, 0.15) is 5.69 Å². The maximum atomic E-state index is 12.2. The molecule has 1 heterocycles. The van der Waals surface area contributed by atoms with Gasteiger partial charge in [-0.05, 0) is 30.7 Å². The van der Waals surface area contributed by atoms with Crippen LogP contribution in [-0.2, 0) is 4.79 Å². The minimum absolute atomic E-state index is 0.208. The second-order valence-corrected chi connectivity index (χ2v) is 4.23. The van der Waals surface area contributed by atoms with Crippen molar-refractivity contribution in [2.45, 2.75) is 12.8 Å². The number of carboxylic acid groups (broad SMARTS) is 1. The number of hydrogen-bond donors (Lipinski definition) is 1. The van der Waals surface area contributed by atoms with E-state index in [1.165, 1.54) is 0 Å². The molecule has 0 aliphatic heterocycles. The van der Waals surface area contributed by atoms with Crippen molar-refractivity contribution in [1.29, 1.82) is 0 Å². The van der Waals surface area contributed by atoms with E-state index in [-0.39, 0.29) is 5.78 Å². The third-order valence-corrected chi connectivity index (χ3v) is 2.92. The van der Waals surface area contributed by atoms with Crippen LogP contribution in [0, 0.1) is 0 Å². The number of pyridine rings is 1. The Kier molecular flexibility index (Phi) is 3.71. The summed E-state index contributed by atoms with van der Waals surface area (Å²) in [4.78, 5) is 27.1. The van der Waals surface area contributed by atoms with Crippen LogP contribution in [-0.4, -0.2) is 21.8 Å². The van der Waals surface area contributed by atoms with Gasteiger partial charge in [0, 0.05) is 11.8 Å². The average molecular weight is 255 g/mol. The molecule has 0 fully saturated rings. The Labute approximate surface area is 110 Å². The second-order valence-electron chi connectivity index (χ2n) is 4.23. The maximum Gasteiger partial charge on any atom is 0.310 e. The summed E-state index contributed by atoms with van der Waals surface area (Å²) in [6.07, 6.45) is 1.55. The molecule has 2 rings (SSSR count). The number of rotatable bonds is 4. The zero-order chi connectivity index (χ0) is 13.8. The highest BCUT2D eigenvalue weighted by atomic mass is 16.4. The fourth-order valence-corrected chi connectivity index (χ4v) is 1.74. The minimum atomic E-state index is -0.914. The Balaban J connectivity index is 2.34. The van der Waals surface area contributed by atoms with Gasteiger partial charge in [-0.25, -0.2) is 0 Å². The molecule has 0 aliphatic rings. The summed E-state index contributed by atoms with van der Waals surface area (Å²) in [7, 11) is 0. The summed E-state index contributed by atoms with van der Waals surface area (Å²) >= 11 is 0. The van der Waals surface area contributed by atoms with Crippen molar-refractivity contribution >= 4 is 11.8 Å². The predicted octanol–water partition coefficient (Wildman–Crippen LogP) is 2.50. The van der Waals surface area contributed by atoms with E-state index in [2.05, 4.69) is 4.98 Å². The molecule has 0 saturated carbocycles. The van der Waals surface area contributed by atoms with Crippen molar-refractivity contribution < 1.29 is 14.7 Å². The summed E-state index contributed by atoms with van der Waals surface area (Å²) in [5.74, 6) is -1.76. The van der Waals surface area contributed by atoms with Gasteiger partial charge in [0.05, 0.1) is 5.92 Å². The summed E-state index contributed by atoms with van der Waals surface area (Å²) in [5, 5.41) is 8.98. The molecule has 2 aromatic rings. The summed E-state index contributed by atoms with van der Waals surface area (Å²) in [5.41, 5.74) is 1.40. The first-order valence-corrected chi connectivity index (χ1v) is 5.88. The lowest BCUT2D eigenvalue weighted by atomic mass is 9.97. The highest BCUT2D eigenvalue weighted by Crippen LogP contribution is 2.18. The molecule has 1 aromatic heterocycles. The van der Waals surface area contributed by atoms with E-state index in [9.17, 15) is 9.59 Å². The van der Waals surface area contributed by atoms with Crippen molar-refractivity contribution in [2.75, 3.05) is 0 Å². The number of ketones is 1. The third-order valence-electron chi connectivity index (χ3n) is 2.92. The molecule has 0 radical (unpaired) electrons. The van der Waals surface area contributed by atoms with Gasteiger partial charge in [0.25, 0.3) is 0 Å². The largest absolute Gasteiger partial charge is 0.481 e. The van der Waals surface area contributed by atoms with E-state index in [0.29, 0.717) is 16.8 Å². The zero-order valence-corrected chi connectivity index (χ0v) is 10.4. The van der Waals surface area contributed by atoms with Gasteiger partial charge in [-0.15, -0.1) is 0 Å². The number of hydrogen-bond acceptors (Lipinski definition) is 3. The molecule has 0 spiro atoms. The van der Waals surface area contributed by atoms with Gasteiger partial charge in [0.15, 0.2) is 0 Å². The SMILES string of the molecule is CC(C(=O)O)c1cccc(C(=O)c2ccccn2)c1. The highest BCUT2D eigenvalue weighted by Gasteiger charge is 2.16. The van der Waals surface area contributed by atoms with Crippen molar-refractivity contribution in [1.82, 2.24) is 4.98 Å². The van der Waals surface area contributed by atoms with Crippen LogP contribution in [0.5, 0.6) is 0 Å². The summed E-state index contributed by atoms with van der Waals surface area (Å²) < 4.78 is 0. The molecule has 0 amide bonds. The van der Waals surface area contributed by atoms with E-state index in [0.717, 1.165) is 0 Å². The highest BCUT2D eigenvalue weighted by molar-refractivity contribution is 6.07. The molecular formula is C15H13NO3. The lowest BCUT2D eigenvalue weighted by Crippen LogP contribution is -2.09. The number of aliphatic carboxylic acids is 1. The van der Waals surface area contributed by atoms with Crippen LogP contribution in [0.4, 0.5) is 0 Å². The molecule has 4 heteroatoms. The lowest BCUT2D eigenvalue weighted by molar-refractivity contribution is -0.138. The molecule has 19 heavy (non-hydrogen) atoms. The van der Waals surface area contributed by atoms with Crippen LogP contribution in [0.1, 0.15) is 34.5 Å². The normalized spacial score (nSPS) is 11.8. The monoisotopic (exact) mass is 255 g/mol. The standard InChI is InChI=1S/C15H13NO3/c1-10(15(18)19)11-5-4-6-12(9-11)14(17)13-7-2-3-8-16-13/h2-10H,1H3,(H,18,19). The van der Waals surface area contributed by atoms with Crippen LogP contribution in [0.15, 0.2) is 48.7 Å². The Morgan fingerprint density at radius 1 is 1.16 bits per heavy atom. The van der Waals surface area contributed by atoms with Crippen LogP contribution in [0.2, 0.25) is 0 Å². The Morgan fingerprint density at radius 2 is 1.95 bits per heavy atom. The molecule has 1 atom stereocenters. The molecule has 0 saturated heterocycles. The fourth-order valence-electron chi connectivity index (χ4n) is 1.74. The average Bonchev–Trinajstić information content (AvgIpc) is 2.46. The quantitative estimate of drug-likeness (QED) is 0.852. The van der Waals surface area contributed by atoms with Crippen LogP contribution >= 0.6 is 0 Å². The molecule has 1 N–H and O–H groups in total. The fraction of sp³-hybridized carbons (Fsp3) is 0.133. The van der Waals surface area contributed by atoms with Crippen LogP contribution in [0.3, 0.4) is 0 Å². The summed E-state index contributed by atoms with van der Waals surface area (Å²) in [6.45, 7) is 1.59. The molecule has 1 unspecified atom stereocenters. The molecule has 0 bridgehead atoms. The number of carbonyl (C=O) groups excluding carboxylic acids is 1. The van der Waals surface area contributed by atoms with Crippen molar-refractivity contribution in [2.24, 2.45) is 0 Å². The van der Waals surface area contributed by atoms with Crippen molar-refractivity contribution in [3.05, 3.63) is 65.5 Å². The second kappa shape index (κ2) is 5.44. The Morgan fingerprint density at radius 3 is 2.58 bits per heavy atom. The number of carboxylic acids is 1. The van der Waals surface area contributed by atoms with E-state index in [1.54, 1.807) is 55.6 Å². The topological polar surface area (TPSA) is 67.3 Å². The van der Waals surface area contributed by atoms with Crippen molar-refractivity contribution in [3.63, 3.8) is 0 Å². The first kappa shape index (κ1) is 13.0. The maximum absolute atomic E-state index is 12.2. The van der Waals surface area contributed by atoms with Gasteiger partial charge in [0.2, 0.25) is 5.78 Å². The molecular weight excluding hydrogens is 242 g/mol. The molecule has 96 valence electrons. The van der Waals surface area contributed by atoms with Gasteiger partial charge in [-0.3, -0.25) is 14.6 Å². The van der Waals surface area contributed by atoms with E-state index >= 15 is 0 Å². The van der Waals surface area contributed by atoms with E-state index < -0.39 is 11.9 Å². The number of carbonyl (C=O) groups is 2. The molecule has 1 aromatic carbocycles. The first-order valence-electron chi connectivity index (χ1n) is 5.88. The van der Waals surface area contributed by atoms with Crippen LogP contribution in [0.25, 0.3) is 0 Å². The number of aromatic nitrogens is 1. The number of nitrogens with zero attached hydrogens (tertiary/aromatic N) is 1. The van der Waals surface area contributed by atoms with Gasteiger partial charge < -0.3 is 5.11 Å². The lowest BCUT2D eigenvalue weighted by Gasteiger charge is -2.08. The van der Waals surface area contributed by atoms with E-state index in [4.69, 9.17) is 5.11 Å². The predicted molar refractivity (Wildman–Crippen MR) is 70.2 cm³/mol. The zero-order valence-electron chi connectivity index (χ0n) is 10.4. The third kappa shape index (κ3) is 2.85. The minimum Gasteiger partial charge on any atom is -0.481 e. The molecule has 4 nitrogen and oxygen atoms in total. The van der Waals surface area contributed by atoms with Gasteiger partial charge in [-0.1, -0.05) is 24.3 Å². The number of benzene rings is 1. The summed E-state index contributed by atoms with van der Waals surface area (Å²) in [6, 6.07) is 11.8. The first-order chi connectivity index (χ1) is 9.09. The van der Waals surface area contributed by atoms with E-state index in [1.807, 2.05) is 0 Å². The van der Waals surface area contributed by atoms with Gasteiger partial charge >= 0.3 is 5.97 Å². The van der Waals surface area contributed by atoms with Crippen molar-refractivity contribution in [3.8, 4) is 0 Å². The molecule has 0 aliphatic carbocycles. The Hall–Kier alpha value is -2.49. The Bertz CT molecular complexity index is 608. The smallest absolute Gasteiger partial charge is 0.310 e. The van der Waals surface area contributed by atoms with Gasteiger partial charge in [-0.2, -0.15) is 0 Å². The van der Waals surface area contributed by atoms with Crippen LogP contribution < -0.4 is 0 Å².